The number of carbonyl (C=O) groups is 1. The van der Waals surface area contributed by atoms with Gasteiger partial charge in [-0.05, 0) is 50.1 Å². The van der Waals surface area contributed by atoms with Gasteiger partial charge in [0.25, 0.3) is 11.5 Å². The maximum absolute atomic E-state index is 12.4. The van der Waals surface area contributed by atoms with Crippen LogP contribution in [0.25, 0.3) is 0 Å². The Morgan fingerprint density at radius 3 is 2.46 bits per heavy atom. The Morgan fingerprint density at radius 2 is 1.88 bits per heavy atom. The normalized spacial score (nSPS) is 16.7. The number of rotatable bonds is 4. The van der Waals surface area contributed by atoms with Gasteiger partial charge in [-0.1, -0.05) is 0 Å². The van der Waals surface area contributed by atoms with E-state index in [0.717, 1.165) is 18.5 Å². The molecular formula is C20H19N3O3. The van der Waals surface area contributed by atoms with Crippen LogP contribution in [0.2, 0.25) is 0 Å². The molecule has 1 saturated heterocycles. The highest BCUT2D eigenvalue weighted by molar-refractivity contribution is 5.94. The molecule has 1 aliphatic heterocycles. The molecule has 26 heavy (non-hydrogen) atoms. The first kappa shape index (κ1) is 16.4. The van der Waals surface area contributed by atoms with Gasteiger partial charge in [-0.2, -0.15) is 5.26 Å². The Labute approximate surface area is 151 Å². The Balaban J connectivity index is 1.37. The molecule has 2 fully saturated rings. The number of nitriles is 1. The maximum atomic E-state index is 12.4. The van der Waals surface area contributed by atoms with Gasteiger partial charge in [0, 0.05) is 23.4 Å². The summed E-state index contributed by atoms with van der Waals surface area (Å²) in [5.41, 5.74) is 1.99. The largest absolute Gasteiger partial charge is 0.486 e. The number of aryl methyl sites for hydroxylation is 1. The monoisotopic (exact) mass is 349 g/mol. The second-order valence-electron chi connectivity index (χ2n) is 6.91. The van der Waals surface area contributed by atoms with E-state index in [2.05, 4.69) is 0 Å². The molecule has 6 nitrogen and oxygen atoms in total. The van der Waals surface area contributed by atoms with Crippen molar-refractivity contribution in [3.8, 4) is 11.8 Å². The van der Waals surface area contributed by atoms with E-state index in [1.165, 1.54) is 6.07 Å². The molecule has 2 heterocycles. The average molecular weight is 349 g/mol. The fourth-order valence-corrected chi connectivity index (χ4v) is 3.29. The molecule has 0 spiro atoms. The summed E-state index contributed by atoms with van der Waals surface area (Å²) < 4.78 is 7.70. The first-order valence-corrected chi connectivity index (χ1v) is 8.74. The van der Waals surface area contributed by atoms with Crippen LogP contribution in [-0.2, 0) is 0 Å². The Hall–Kier alpha value is -3.07. The summed E-state index contributed by atoms with van der Waals surface area (Å²) >= 11 is 0. The van der Waals surface area contributed by atoms with Gasteiger partial charge in [-0.25, -0.2) is 0 Å². The van der Waals surface area contributed by atoms with Crippen LogP contribution in [0.4, 0.5) is 0 Å². The van der Waals surface area contributed by atoms with Gasteiger partial charge >= 0.3 is 0 Å². The zero-order valence-electron chi connectivity index (χ0n) is 14.5. The summed E-state index contributed by atoms with van der Waals surface area (Å²) in [6.45, 7) is 2.90. The van der Waals surface area contributed by atoms with Crippen LogP contribution in [0.15, 0.2) is 41.2 Å². The lowest BCUT2D eigenvalue weighted by Gasteiger charge is -2.39. The van der Waals surface area contributed by atoms with Crippen LogP contribution < -0.4 is 10.3 Å². The highest BCUT2D eigenvalue weighted by Crippen LogP contribution is 2.35. The number of carbonyl (C=O) groups excluding carboxylic acids is 1. The van der Waals surface area contributed by atoms with Crippen molar-refractivity contribution in [2.24, 2.45) is 0 Å². The van der Waals surface area contributed by atoms with E-state index in [4.69, 9.17) is 10.00 Å². The fourth-order valence-electron chi connectivity index (χ4n) is 3.29. The smallest absolute Gasteiger partial charge is 0.254 e. The van der Waals surface area contributed by atoms with Crippen molar-refractivity contribution >= 4 is 5.91 Å². The van der Waals surface area contributed by atoms with Crippen molar-refractivity contribution in [1.29, 1.82) is 5.26 Å². The third-order valence-electron chi connectivity index (χ3n) is 4.85. The molecule has 2 aromatic rings. The fraction of sp³-hybridized carbons (Fsp3) is 0.350. The van der Waals surface area contributed by atoms with Crippen molar-refractivity contribution in [3.63, 3.8) is 0 Å². The van der Waals surface area contributed by atoms with Gasteiger partial charge in [0.1, 0.15) is 11.9 Å². The summed E-state index contributed by atoms with van der Waals surface area (Å²) in [7, 11) is 0. The van der Waals surface area contributed by atoms with E-state index in [9.17, 15) is 9.59 Å². The van der Waals surface area contributed by atoms with E-state index in [1.807, 2.05) is 23.6 Å². The molecule has 0 N–H and O–H groups in total. The van der Waals surface area contributed by atoms with Crippen molar-refractivity contribution in [3.05, 3.63) is 63.6 Å². The number of benzene rings is 1. The molecule has 1 amide bonds. The zero-order valence-corrected chi connectivity index (χ0v) is 14.5. The van der Waals surface area contributed by atoms with Crippen molar-refractivity contribution in [2.75, 3.05) is 13.1 Å². The van der Waals surface area contributed by atoms with Gasteiger partial charge in [0.2, 0.25) is 0 Å². The predicted molar refractivity (Wildman–Crippen MR) is 95.2 cm³/mol. The minimum absolute atomic E-state index is 0.0210. The first-order chi connectivity index (χ1) is 12.5. The summed E-state index contributed by atoms with van der Waals surface area (Å²) in [6.07, 6.45) is 2.03. The summed E-state index contributed by atoms with van der Waals surface area (Å²) in [5.74, 6) is 0.495. The topological polar surface area (TPSA) is 75.3 Å². The molecule has 1 saturated carbocycles. The summed E-state index contributed by atoms with van der Waals surface area (Å²) in [5, 5.41) is 8.81. The van der Waals surface area contributed by atoms with Gasteiger partial charge in [-0.3, -0.25) is 9.59 Å². The van der Waals surface area contributed by atoms with Crippen molar-refractivity contribution in [1.82, 2.24) is 9.47 Å². The molecule has 4 rings (SSSR count). The molecule has 6 heteroatoms. The molecule has 132 valence electrons. The molecule has 0 atom stereocenters. The van der Waals surface area contributed by atoms with Crippen molar-refractivity contribution in [2.45, 2.75) is 31.9 Å². The third kappa shape index (κ3) is 3.08. The van der Waals surface area contributed by atoms with E-state index >= 15 is 0 Å². The lowest BCUT2D eigenvalue weighted by atomic mass is 10.1. The number of nitrogens with zero attached hydrogens (tertiary/aromatic N) is 3. The molecule has 1 aromatic carbocycles. The van der Waals surface area contributed by atoms with Crippen LogP contribution in [-0.4, -0.2) is 34.6 Å². The number of aromatic nitrogens is 1. The van der Waals surface area contributed by atoms with E-state index < -0.39 is 0 Å². The lowest BCUT2D eigenvalue weighted by Crippen LogP contribution is -2.56. The zero-order chi connectivity index (χ0) is 18.3. The minimum Gasteiger partial charge on any atom is -0.486 e. The van der Waals surface area contributed by atoms with Crippen LogP contribution >= 0.6 is 0 Å². The average Bonchev–Trinajstić information content (AvgIpc) is 3.41. The second-order valence-corrected chi connectivity index (χ2v) is 6.91. The summed E-state index contributed by atoms with van der Waals surface area (Å²) in [6, 6.07) is 12.4. The number of amides is 1. The molecule has 2 aliphatic rings. The number of likely N-dealkylation sites (tertiary alicyclic amines) is 1. The lowest BCUT2D eigenvalue weighted by molar-refractivity contribution is 0.0176. The first-order valence-electron chi connectivity index (χ1n) is 8.74. The SMILES string of the molecule is Cc1cc(OC2CN(C(=O)c3ccc(C#N)cc3)C2)cc(=O)n1C1CC1. The Morgan fingerprint density at radius 1 is 1.19 bits per heavy atom. The molecule has 0 bridgehead atoms. The predicted octanol–water partition coefficient (Wildman–Crippen LogP) is 2.27. The molecule has 0 radical (unpaired) electrons. The number of hydrogen-bond donors (Lipinski definition) is 0. The number of pyridine rings is 1. The van der Waals surface area contributed by atoms with Crippen LogP contribution in [0, 0.1) is 18.3 Å². The molecule has 0 unspecified atom stereocenters. The van der Waals surface area contributed by atoms with E-state index in [0.29, 0.717) is 36.0 Å². The summed E-state index contributed by atoms with van der Waals surface area (Å²) in [4.78, 5) is 26.3. The van der Waals surface area contributed by atoms with Gasteiger partial charge in [0.15, 0.2) is 0 Å². The third-order valence-corrected chi connectivity index (χ3v) is 4.85. The second kappa shape index (κ2) is 6.34. The quantitative estimate of drug-likeness (QED) is 0.848. The molecule has 1 aliphatic carbocycles. The van der Waals surface area contributed by atoms with Crippen molar-refractivity contribution < 1.29 is 9.53 Å². The minimum atomic E-state index is -0.104. The highest BCUT2D eigenvalue weighted by Gasteiger charge is 2.33. The van der Waals surface area contributed by atoms with Gasteiger partial charge in [0.05, 0.1) is 24.7 Å². The van der Waals surface area contributed by atoms with Gasteiger partial charge < -0.3 is 14.2 Å². The standard InChI is InChI=1S/C20H19N3O3/c1-13-8-17(9-19(24)23(13)16-6-7-16)26-18-11-22(12-18)20(25)15-4-2-14(10-21)3-5-15/h2-5,8-9,16,18H,6-7,11-12H2,1H3. The van der Waals surface area contributed by atoms with E-state index in [-0.39, 0.29) is 17.6 Å². The van der Waals surface area contributed by atoms with Crippen LogP contribution in [0.3, 0.4) is 0 Å². The highest BCUT2D eigenvalue weighted by atomic mass is 16.5. The number of hydrogen-bond acceptors (Lipinski definition) is 4. The Bertz CT molecular complexity index is 946. The van der Waals surface area contributed by atoms with Crippen LogP contribution in [0.5, 0.6) is 5.75 Å². The maximum Gasteiger partial charge on any atom is 0.254 e. The molecule has 1 aromatic heterocycles. The Kier molecular flexibility index (Phi) is 4.00. The molecular weight excluding hydrogens is 330 g/mol. The van der Waals surface area contributed by atoms with Crippen LogP contribution in [0.1, 0.15) is 40.5 Å². The number of ether oxygens (including phenoxy) is 1. The van der Waals surface area contributed by atoms with E-state index in [1.54, 1.807) is 29.2 Å². The van der Waals surface area contributed by atoms with Gasteiger partial charge in [-0.15, -0.1) is 0 Å².